The molecule has 0 aliphatic carbocycles. The first kappa shape index (κ1) is 31.7. The molecule has 4 aromatic rings. The molecule has 0 bridgehead atoms. The lowest BCUT2D eigenvalue weighted by molar-refractivity contribution is -0.276. The average Bonchev–Trinajstić information content (AvgIpc) is 3.54. The molecule has 2 saturated heterocycles. The molecule has 240 valence electrons. The number of nitrogens with zero attached hydrogens (tertiary/aromatic N) is 1. The lowest BCUT2D eigenvalue weighted by Gasteiger charge is -2.43. The molecule has 0 spiro atoms. The van der Waals surface area contributed by atoms with Crippen LogP contribution in [-0.4, -0.2) is 53.0 Å². The van der Waals surface area contributed by atoms with Gasteiger partial charge in [0.15, 0.2) is 6.29 Å². The zero-order valence-electron chi connectivity index (χ0n) is 25.9. The predicted octanol–water partition coefficient (Wildman–Crippen LogP) is 6.86. The molecule has 0 aromatic heterocycles. The fourth-order valence-corrected chi connectivity index (χ4v) is 6.19. The van der Waals surface area contributed by atoms with Gasteiger partial charge in [-0.1, -0.05) is 61.5 Å². The quantitative estimate of drug-likeness (QED) is 0.153. The van der Waals surface area contributed by atoms with Crippen LogP contribution in [0.15, 0.2) is 103 Å². The van der Waals surface area contributed by atoms with E-state index < -0.39 is 6.29 Å². The van der Waals surface area contributed by atoms with Crippen molar-refractivity contribution in [3.05, 3.63) is 120 Å². The summed E-state index contributed by atoms with van der Waals surface area (Å²) in [7, 11) is 0. The second-order valence-corrected chi connectivity index (χ2v) is 11.9. The number of urea groups is 1. The van der Waals surface area contributed by atoms with Crippen LogP contribution in [0.5, 0.6) is 11.5 Å². The van der Waals surface area contributed by atoms with Gasteiger partial charge < -0.3 is 35.1 Å². The Morgan fingerprint density at radius 2 is 1.59 bits per heavy atom. The largest absolute Gasteiger partial charge is 0.457 e. The number of rotatable bonds is 10. The van der Waals surface area contributed by atoms with E-state index in [4.69, 9.17) is 14.2 Å². The number of ether oxygens (including phenoxy) is 3. The van der Waals surface area contributed by atoms with Crippen molar-refractivity contribution in [1.29, 1.82) is 0 Å². The minimum atomic E-state index is -0.666. The molecular weight excluding hydrogens is 582 g/mol. The number of amides is 2. The standard InChI is InChI=1S/C37H41N3O6/c1-25-34(22-40-20-6-9-31(40)24-42)45-36(46-35(25)27-14-12-26(23-41)13-15-27)28-7-5-8-30(21-28)39-37(43)38-29-16-18-33(19-17-29)44-32-10-3-2-4-11-32/h2-5,7-8,10-19,21,25,31,34-36,41-42H,6,9,20,22-24H2,1H3,(H2,38,39,43). The van der Waals surface area contributed by atoms with Gasteiger partial charge in [-0.05, 0) is 79.0 Å². The summed E-state index contributed by atoms with van der Waals surface area (Å²) in [4.78, 5) is 15.2. The molecule has 4 aromatic carbocycles. The van der Waals surface area contributed by atoms with Crippen molar-refractivity contribution < 1.29 is 29.2 Å². The minimum absolute atomic E-state index is 0.0193. The molecule has 0 radical (unpaired) electrons. The van der Waals surface area contributed by atoms with E-state index in [1.54, 1.807) is 24.3 Å². The third-order valence-electron chi connectivity index (χ3n) is 8.76. The van der Waals surface area contributed by atoms with Crippen molar-refractivity contribution in [3.8, 4) is 11.5 Å². The SMILES string of the molecule is CC1C(CN2CCCC2CO)OC(c2cccc(NC(=O)Nc3ccc(Oc4ccccc4)cc3)c2)OC1c1ccc(CO)cc1. The highest BCUT2D eigenvalue weighted by Crippen LogP contribution is 2.42. The van der Waals surface area contributed by atoms with Gasteiger partial charge in [0.2, 0.25) is 0 Å². The van der Waals surface area contributed by atoms with Gasteiger partial charge >= 0.3 is 6.03 Å². The molecular formula is C37H41N3O6. The molecule has 2 aliphatic heterocycles. The molecule has 9 nitrogen and oxygen atoms in total. The van der Waals surface area contributed by atoms with E-state index in [9.17, 15) is 15.0 Å². The van der Waals surface area contributed by atoms with Gasteiger partial charge in [-0.25, -0.2) is 4.79 Å². The zero-order chi connectivity index (χ0) is 31.9. The number of likely N-dealkylation sites (tertiary alicyclic amines) is 1. The van der Waals surface area contributed by atoms with E-state index in [1.807, 2.05) is 78.9 Å². The summed E-state index contributed by atoms with van der Waals surface area (Å²) in [5.74, 6) is 1.45. The fraction of sp³-hybridized carbons (Fsp3) is 0.324. The Morgan fingerprint density at radius 1 is 0.848 bits per heavy atom. The number of para-hydroxylation sites is 1. The normalized spacial score (nSPS) is 23.2. The van der Waals surface area contributed by atoms with Crippen LogP contribution in [-0.2, 0) is 16.1 Å². The first-order chi connectivity index (χ1) is 22.5. The van der Waals surface area contributed by atoms with Gasteiger partial charge in [0.1, 0.15) is 11.5 Å². The molecule has 2 fully saturated rings. The molecule has 5 unspecified atom stereocenters. The summed E-state index contributed by atoms with van der Waals surface area (Å²) in [6.45, 7) is 3.87. The van der Waals surface area contributed by atoms with Crippen LogP contribution in [0.4, 0.5) is 16.2 Å². The second kappa shape index (κ2) is 14.9. The van der Waals surface area contributed by atoms with Crippen molar-refractivity contribution >= 4 is 17.4 Å². The molecule has 0 saturated carbocycles. The molecule has 6 rings (SSSR count). The first-order valence-electron chi connectivity index (χ1n) is 15.9. The molecule has 2 amide bonds. The highest BCUT2D eigenvalue weighted by Gasteiger charge is 2.40. The van der Waals surface area contributed by atoms with Gasteiger partial charge in [0.25, 0.3) is 0 Å². The van der Waals surface area contributed by atoms with Crippen LogP contribution in [0.1, 0.15) is 48.8 Å². The molecule has 2 aliphatic rings. The molecule has 5 atom stereocenters. The number of benzene rings is 4. The third kappa shape index (κ3) is 7.75. The molecule has 2 heterocycles. The number of hydrogen-bond donors (Lipinski definition) is 4. The van der Waals surface area contributed by atoms with Crippen LogP contribution in [0.3, 0.4) is 0 Å². The van der Waals surface area contributed by atoms with Crippen molar-refractivity contribution in [2.45, 2.75) is 50.9 Å². The number of aliphatic hydroxyl groups is 2. The van der Waals surface area contributed by atoms with E-state index in [2.05, 4.69) is 22.5 Å². The Hall–Kier alpha value is -4.25. The van der Waals surface area contributed by atoms with Crippen LogP contribution in [0.2, 0.25) is 0 Å². The Bertz CT molecular complexity index is 1570. The minimum Gasteiger partial charge on any atom is -0.457 e. The monoisotopic (exact) mass is 623 g/mol. The van der Waals surface area contributed by atoms with Crippen LogP contribution in [0.25, 0.3) is 0 Å². The van der Waals surface area contributed by atoms with Gasteiger partial charge in [0.05, 0.1) is 25.4 Å². The summed E-state index contributed by atoms with van der Waals surface area (Å²) >= 11 is 0. The number of hydrogen-bond acceptors (Lipinski definition) is 7. The van der Waals surface area contributed by atoms with Crippen LogP contribution >= 0.6 is 0 Å². The van der Waals surface area contributed by atoms with E-state index in [1.165, 1.54) is 0 Å². The van der Waals surface area contributed by atoms with Crippen molar-refractivity contribution in [2.75, 3.05) is 30.3 Å². The average molecular weight is 624 g/mol. The topological polar surface area (TPSA) is 113 Å². The maximum Gasteiger partial charge on any atom is 0.323 e. The summed E-state index contributed by atoms with van der Waals surface area (Å²) in [5.41, 5.74) is 3.87. The highest BCUT2D eigenvalue weighted by molar-refractivity contribution is 5.99. The third-order valence-corrected chi connectivity index (χ3v) is 8.76. The summed E-state index contributed by atoms with van der Waals surface area (Å²) in [6.07, 6.45) is 0.966. The van der Waals surface area contributed by atoms with Crippen LogP contribution in [0, 0.1) is 5.92 Å². The summed E-state index contributed by atoms with van der Waals surface area (Å²) < 4.78 is 19.1. The maximum atomic E-state index is 12.9. The number of aliphatic hydroxyl groups excluding tert-OH is 2. The highest BCUT2D eigenvalue weighted by atomic mass is 16.7. The van der Waals surface area contributed by atoms with Crippen molar-refractivity contribution in [3.63, 3.8) is 0 Å². The molecule has 4 N–H and O–H groups in total. The molecule has 9 heteroatoms. The number of carbonyl (C=O) groups is 1. The predicted molar refractivity (Wildman–Crippen MR) is 177 cm³/mol. The van der Waals surface area contributed by atoms with E-state index in [0.29, 0.717) is 23.7 Å². The van der Waals surface area contributed by atoms with Crippen molar-refractivity contribution in [1.82, 2.24) is 4.90 Å². The van der Waals surface area contributed by atoms with E-state index in [-0.39, 0.29) is 43.4 Å². The van der Waals surface area contributed by atoms with E-state index >= 15 is 0 Å². The molecule has 46 heavy (non-hydrogen) atoms. The fourth-order valence-electron chi connectivity index (χ4n) is 6.19. The van der Waals surface area contributed by atoms with Crippen LogP contribution < -0.4 is 15.4 Å². The van der Waals surface area contributed by atoms with Gasteiger partial charge in [-0.3, -0.25) is 4.90 Å². The Labute approximate surface area is 269 Å². The number of carbonyl (C=O) groups excluding carboxylic acids is 1. The Kier molecular flexibility index (Phi) is 10.3. The lowest BCUT2D eigenvalue weighted by Crippen LogP contribution is -2.46. The van der Waals surface area contributed by atoms with Gasteiger partial charge in [-0.2, -0.15) is 0 Å². The zero-order valence-corrected chi connectivity index (χ0v) is 25.9. The number of nitrogens with one attached hydrogen (secondary N) is 2. The summed E-state index contributed by atoms with van der Waals surface area (Å²) in [5, 5.41) is 25.3. The Morgan fingerprint density at radius 3 is 2.33 bits per heavy atom. The first-order valence-corrected chi connectivity index (χ1v) is 15.9. The van der Waals surface area contributed by atoms with Gasteiger partial charge in [0, 0.05) is 35.4 Å². The number of anilines is 2. The van der Waals surface area contributed by atoms with Gasteiger partial charge in [-0.15, -0.1) is 0 Å². The summed E-state index contributed by atoms with van der Waals surface area (Å²) in [6, 6.07) is 31.8. The maximum absolute atomic E-state index is 12.9. The van der Waals surface area contributed by atoms with Crippen molar-refractivity contribution in [2.24, 2.45) is 5.92 Å². The second-order valence-electron chi connectivity index (χ2n) is 11.9. The van der Waals surface area contributed by atoms with E-state index in [0.717, 1.165) is 41.8 Å². The smallest absolute Gasteiger partial charge is 0.323 e. The lowest BCUT2D eigenvalue weighted by atomic mass is 9.90. The Balaban J connectivity index is 1.14.